The minimum Gasteiger partial charge on any atom is -0.495 e. The summed E-state index contributed by atoms with van der Waals surface area (Å²) in [6.45, 7) is 3.86. The first-order valence-electron chi connectivity index (χ1n) is 23.9. The van der Waals surface area contributed by atoms with Crippen molar-refractivity contribution in [2.24, 2.45) is 0 Å². The number of anilines is 5. The Kier molecular flexibility index (Phi) is 13.5. The lowest BCUT2D eigenvalue weighted by atomic mass is 10.0. The van der Waals surface area contributed by atoms with E-state index in [4.69, 9.17) is 4.74 Å². The van der Waals surface area contributed by atoms with Crippen LogP contribution in [0.1, 0.15) is 102 Å². The normalized spacial score (nSPS) is 21.3. The number of piperidine rings is 2. The summed E-state index contributed by atoms with van der Waals surface area (Å²) in [5.41, 5.74) is 2.23. The number of alkyl halides is 2. The van der Waals surface area contributed by atoms with Crippen molar-refractivity contribution in [3.63, 3.8) is 0 Å². The van der Waals surface area contributed by atoms with Crippen molar-refractivity contribution in [1.82, 2.24) is 35.3 Å². The number of ether oxygens (including phenoxy) is 1. The molecule has 366 valence electrons. The Morgan fingerprint density at radius 1 is 0.899 bits per heavy atom. The lowest BCUT2D eigenvalue weighted by Crippen LogP contribution is -2.54. The van der Waals surface area contributed by atoms with Gasteiger partial charge in [0, 0.05) is 76.8 Å². The second-order valence-electron chi connectivity index (χ2n) is 18.6. The van der Waals surface area contributed by atoms with E-state index in [2.05, 4.69) is 35.7 Å². The minimum absolute atomic E-state index is 0.0593. The van der Waals surface area contributed by atoms with E-state index in [1.54, 1.807) is 30.3 Å². The van der Waals surface area contributed by atoms with Gasteiger partial charge in [-0.25, -0.2) is 4.98 Å². The number of benzene rings is 2. The molecule has 19 nitrogen and oxygen atoms in total. The summed E-state index contributed by atoms with van der Waals surface area (Å²) in [6.07, 6.45) is 7.98. The van der Waals surface area contributed by atoms with E-state index >= 15 is 8.78 Å². The number of likely N-dealkylation sites (tertiary alicyclic amines) is 1. The quantitative estimate of drug-likeness (QED) is 0.165. The summed E-state index contributed by atoms with van der Waals surface area (Å²) in [4.78, 5) is 109. The van der Waals surface area contributed by atoms with Gasteiger partial charge in [-0.05, 0) is 81.8 Å². The number of carbonyl (C=O) groups excluding carboxylic acids is 7. The number of rotatable bonds is 13. The lowest BCUT2D eigenvalue weighted by Gasteiger charge is -2.37. The Labute approximate surface area is 397 Å². The number of nitrogens with one attached hydrogen (secondary N) is 3. The summed E-state index contributed by atoms with van der Waals surface area (Å²) < 4.78 is 35.7. The number of methoxy groups -OCH3 is 1. The van der Waals surface area contributed by atoms with Gasteiger partial charge in [0.05, 0.1) is 42.4 Å². The number of imide groups is 2. The highest BCUT2D eigenvalue weighted by Gasteiger charge is 2.49. The first-order valence-corrected chi connectivity index (χ1v) is 23.9. The number of hydrogen-bond donors (Lipinski definition) is 3. The second-order valence-corrected chi connectivity index (χ2v) is 18.6. The van der Waals surface area contributed by atoms with Crippen molar-refractivity contribution in [3.05, 3.63) is 59.3 Å². The molecule has 21 heteroatoms. The molecule has 0 bridgehead atoms. The molecule has 2 aromatic carbocycles. The molecule has 1 atom stereocenters. The molecule has 1 saturated carbocycles. The highest BCUT2D eigenvalue weighted by molar-refractivity contribution is 6.25. The van der Waals surface area contributed by atoms with Gasteiger partial charge in [0.25, 0.3) is 23.6 Å². The molecule has 1 aliphatic carbocycles. The molecule has 3 saturated heterocycles. The number of halogens is 2. The number of carbonyl (C=O) groups is 7. The monoisotopic (exact) mass is 953 g/mol. The van der Waals surface area contributed by atoms with E-state index in [-0.39, 0.29) is 59.8 Å². The van der Waals surface area contributed by atoms with E-state index in [1.165, 1.54) is 25.3 Å². The van der Waals surface area contributed by atoms with Crippen LogP contribution in [0.25, 0.3) is 0 Å². The zero-order valence-electron chi connectivity index (χ0n) is 38.8. The number of aromatic nitrogens is 2. The van der Waals surface area contributed by atoms with Gasteiger partial charge >= 0.3 is 5.92 Å². The van der Waals surface area contributed by atoms with Crippen LogP contribution in [0.3, 0.4) is 0 Å². The van der Waals surface area contributed by atoms with E-state index in [0.717, 1.165) is 68.0 Å². The molecular weight excluding hydrogens is 897 g/mol. The van der Waals surface area contributed by atoms with Crippen LogP contribution in [0.5, 0.6) is 5.75 Å². The molecular formula is C48H57F2N11O8. The van der Waals surface area contributed by atoms with Gasteiger partial charge < -0.3 is 35.0 Å². The maximum Gasteiger partial charge on any atom is 0.342 e. The van der Waals surface area contributed by atoms with Gasteiger partial charge in [-0.1, -0.05) is 18.9 Å². The van der Waals surface area contributed by atoms with E-state index in [0.29, 0.717) is 73.7 Å². The number of amides is 7. The summed E-state index contributed by atoms with van der Waals surface area (Å²) in [5, 5.41) is 8.44. The Morgan fingerprint density at radius 3 is 2.38 bits per heavy atom. The van der Waals surface area contributed by atoms with Crippen LogP contribution in [0.2, 0.25) is 0 Å². The van der Waals surface area contributed by atoms with E-state index in [1.807, 2.05) is 11.0 Å². The summed E-state index contributed by atoms with van der Waals surface area (Å²) in [5.74, 6) is -6.50. The van der Waals surface area contributed by atoms with Crippen molar-refractivity contribution < 1.29 is 47.1 Å². The topological polar surface area (TPSA) is 210 Å². The van der Waals surface area contributed by atoms with Crippen LogP contribution in [-0.2, 0) is 19.2 Å². The zero-order chi connectivity index (χ0) is 48.6. The van der Waals surface area contributed by atoms with Gasteiger partial charge in [-0.2, -0.15) is 13.8 Å². The smallest absolute Gasteiger partial charge is 0.342 e. The molecule has 3 N–H and O–H groups in total. The Hall–Kier alpha value is -6.77. The molecule has 6 heterocycles. The van der Waals surface area contributed by atoms with Gasteiger partial charge in [0.1, 0.15) is 17.5 Å². The van der Waals surface area contributed by atoms with Crippen molar-refractivity contribution in [3.8, 4) is 5.75 Å². The standard InChI is InChI=1S/C48H57F2N11O8/c1-56-36-27-51-47(55-41(36)60(31-8-3-4-9-31)28-48(49,50)46(56)68)53-33-14-13-29(26-37(33)69-2)42(64)52-30-17-20-59(21-18-30)39(63)12-5-6-19-57-22-24-58(25-23-57)34-11-7-10-32-40(34)45(67)61(44(32)66)35-15-16-38(62)54-43(35)65/h7,10-11,13-14,26-27,30-31,35H,3-6,8-9,12,15-25,28H2,1-2H3,(H,52,64)(H,51,53,55)(H,54,62,65). The maximum atomic E-state index is 15.1. The zero-order valence-corrected chi connectivity index (χ0v) is 38.8. The van der Waals surface area contributed by atoms with Crippen LogP contribution in [-0.4, -0.2) is 157 Å². The number of hydrogen-bond acceptors (Lipinski definition) is 14. The summed E-state index contributed by atoms with van der Waals surface area (Å²) in [6, 6.07) is 8.74. The SMILES string of the molecule is COc1cc(C(=O)NC2CCN(C(=O)CCCCN3CCN(c4cccc5c4C(=O)N(C4CCC(=O)NC4=O)C5=O)CC3)CC2)ccc1Nc1ncc2c(n1)N(C1CCCC1)CC(F)(F)C(=O)N2C. The van der Waals surface area contributed by atoms with Crippen LogP contribution in [0.4, 0.5) is 37.6 Å². The molecule has 0 radical (unpaired) electrons. The summed E-state index contributed by atoms with van der Waals surface area (Å²) in [7, 11) is 2.77. The highest BCUT2D eigenvalue weighted by Crippen LogP contribution is 2.41. The van der Waals surface area contributed by atoms with Gasteiger partial charge in [0.2, 0.25) is 23.7 Å². The Morgan fingerprint density at radius 2 is 1.65 bits per heavy atom. The number of piperazine rings is 1. The molecule has 0 spiro atoms. The third-order valence-electron chi connectivity index (χ3n) is 14.3. The molecule has 6 aliphatic rings. The minimum atomic E-state index is -3.60. The third kappa shape index (κ3) is 9.65. The molecule has 1 aromatic heterocycles. The van der Waals surface area contributed by atoms with Crippen LogP contribution >= 0.6 is 0 Å². The van der Waals surface area contributed by atoms with Gasteiger partial charge in [0.15, 0.2) is 5.82 Å². The van der Waals surface area contributed by atoms with Crippen molar-refractivity contribution in [1.29, 1.82) is 0 Å². The first-order chi connectivity index (χ1) is 33.2. The third-order valence-corrected chi connectivity index (χ3v) is 14.3. The lowest BCUT2D eigenvalue weighted by molar-refractivity contribution is -0.140. The average molecular weight is 954 g/mol. The number of nitrogens with zero attached hydrogens (tertiary/aromatic N) is 8. The van der Waals surface area contributed by atoms with Crippen LogP contribution in [0.15, 0.2) is 42.6 Å². The largest absolute Gasteiger partial charge is 0.495 e. The molecule has 69 heavy (non-hydrogen) atoms. The molecule has 1 unspecified atom stereocenters. The Bertz CT molecular complexity index is 2540. The van der Waals surface area contributed by atoms with Crippen LogP contribution < -0.4 is 35.4 Å². The van der Waals surface area contributed by atoms with Crippen molar-refractivity contribution in [2.75, 3.05) is 86.5 Å². The van der Waals surface area contributed by atoms with Crippen molar-refractivity contribution >= 4 is 70.2 Å². The number of fused-ring (bicyclic) bond motifs is 2. The Balaban J connectivity index is 0.711. The number of unbranched alkanes of at least 4 members (excludes halogenated alkanes) is 1. The fourth-order valence-corrected chi connectivity index (χ4v) is 10.4. The predicted molar refractivity (Wildman–Crippen MR) is 249 cm³/mol. The average Bonchev–Trinajstić information content (AvgIpc) is 3.96. The van der Waals surface area contributed by atoms with Crippen molar-refractivity contribution in [2.45, 2.75) is 94.7 Å². The molecule has 5 aliphatic heterocycles. The fourth-order valence-electron chi connectivity index (χ4n) is 10.4. The van der Waals surface area contributed by atoms with Gasteiger partial charge in [-0.3, -0.25) is 48.7 Å². The highest BCUT2D eigenvalue weighted by atomic mass is 19.3. The first kappa shape index (κ1) is 47.3. The summed E-state index contributed by atoms with van der Waals surface area (Å²) >= 11 is 0. The fraction of sp³-hybridized carbons (Fsp3) is 0.521. The molecule has 9 rings (SSSR count). The predicted octanol–water partition coefficient (Wildman–Crippen LogP) is 3.70. The van der Waals surface area contributed by atoms with Crippen LogP contribution in [0, 0.1) is 0 Å². The second kappa shape index (κ2) is 19.7. The maximum absolute atomic E-state index is 15.1. The van der Waals surface area contributed by atoms with E-state index < -0.39 is 48.0 Å². The molecule has 7 amide bonds. The molecule has 3 aromatic rings. The van der Waals surface area contributed by atoms with E-state index in [9.17, 15) is 33.6 Å². The molecule has 4 fully saturated rings. The van der Waals surface area contributed by atoms with Gasteiger partial charge in [-0.15, -0.1) is 0 Å².